The van der Waals surface area contributed by atoms with E-state index in [0.29, 0.717) is 17.0 Å². The fourth-order valence-corrected chi connectivity index (χ4v) is 6.73. The normalized spacial score (nSPS) is 21.7. The second-order valence-corrected chi connectivity index (χ2v) is 11.4. The summed E-state index contributed by atoms with van der Waals surface area (Å²) in [5.74, 6) is -1.74. The van der Waals surface area contributed by atoms with Gasteiger partial charge in [-0.3, -0.25) is 23.5 Å². The van der Waals surface area contributed by atoms with Crippen molar-refractivity contribution in [1.29, 1.82) is 0 Å². The number of aromatic nitrogens is 2. The Morgan fingerprint density at radius 3 is 2.50 bits per heavy atom. The predicted molar refractivity (Wildman–Crippen MR) is 163 cm³/mol. The van der Waals surface area contributed by atoms with Crippen LogP contribution in [0.3, 0.4) is 0 Å². The Hall–Kier alpha value is -4.77. The minimum Gasteiger partial charge on any atom is -0.496 e. The SMILES string of the molecule is C=CCOc1cccc(C2C3=C(C[C@@H](C)[C@]4(Oc5c(Cl)c(OC)cc(OC)c5C4=O)C3=O)Nc3c2c(=O)n(C)c(=O)n3C)c1. The maximum absolute atomic E-state index is 15.0. The van der Waals surface area contributed by atoms with Crippen LogP contribution in [0.5, 0.6) is 23.0 Å². The molecule has 2 aliphatic heterocycles. The van der Waals surface area contributed by atoms with Crippen molar-refractivity contribution in [1.82, 2.24) is 9.13 Å². The van der Waals surface area contributed by atoms with E-state index in [1.54, 1.807) is 44.3 Å². The zero-order valence-electron chi connectivity index (χ0n) is 24.8. The molecule has 3 heterocycles. The van der Waals surface area contributed by atoms with Crippen molar-refractivity contribution in [2.45, 2.75) is 24.9 Å². The van der Waals surface area contributed by atoms with Crippen LogP contribution in [0.25, 0.3) is 0 Å². The zero-order chi connectivity index (χ0) is 31.7. The standard InChI is InChI=1S/C32H30ClN3O8/c1-7-11-43-17-10-8-9-16(13-17)21-22-18(34-29-24(21)30(39)36(4)31(40)35(29)3)12-15(2)32(27(22)37)28(38)23-19(41-5)14-20(42-6)25(33)26(23)44-32/h7-10,13-15,21,34H,1,11-12H2,2-6H3/t15-,21?,32+/m1/s1. The number of ketones is 2. The van der Waals surface area contributed by atoms with E-state index in [1.807, 2.05) is 0 Å². The van der Waals surface area contributed by atoms with Gasteiger partial charge in [0.05, 0.1) is 19.8 Å². The lowest BCUT2D eigenvalue weighted by atomic mass is 9.66. The number of anilines is 1. The van der Waals surface area contributed by atoms with Gasteiger partial charge < -0.3 is 24.3 Å². The summed E-state index contributed by atoms with van der Waals surface area (Å²) in [7, 11) is 5.75. The summed E-state index contributed by atoms with van der Waals surface area (Å²) in [6.45, 7) is 5.67. The number of carbonyl (C=O) groups excluding carboxylic acids is 2. The molecule has 1 aliphatic carbocycles. The van der Waals surface area contributed by atoms with Crippen LogP contribution in [0.2, 0.25) is 5.02 Å². The van der Waals surface area contributed by atoms with Crippen LogP contribution in [0.15, 0.2) is 63.8 Å². The van der Waals surface area contributed by atoms with E-state index in [9.17, 15) is 19.2 Å². The molecule has 6 rings (SSSR count). The summed E-state index contributed by atoms with van der Waals surface area (Å²) in [5, 5.41) is 3.24. The number of rotatable bonds is 6. The molecular weight excluding hydrogens is 590 g/mol. The van der Waals surface area contributed by atoms with Crippen molar-refractivity contribution in [3.05, 3.63) is 96.8 Å². The molecule has 44 heavy (non-hydrogen) atoms. The highest BCUT2D eigenvalue weighted by atomic mass is 35.5. The summed E-state index contributed by atoms with van der Waals surface area (Å²) in [6.07, 6.45) is 1.79. The van der Waals surface area contributed by atoms with Crippen LogP contribution in [-0.2, 0) is 18.9 Å². The van der Waals surface area contributed by atoms with Gasteiger partial charge in [0.1, 0.15) is 40.3 Å². The summed E-state index contributed by atoms with van der Waals surface area (Å²) < 4.78 is 25.3. The van der Waals surface area contributed by atoms with Gasteiger partial charge in [-0.05, 0) is 24.1 Å². The van der Waals surface area contributed by atoms with Crippen molar-refractivity contribution >= 4 is 29.0 Å². The average molecular weight is 620 g/mol. The third-order valence-electron chi connectivity index (χ3n) is 8.64. The quantitative estimate of drug-likeness (QED) is 0.324. The lowest BCUT2D eigenvalue weighted by Crippen LogP contribution is -2.58. The minimum atomic E-state index is -2.00. The summed E-state index contributed by atoms with van der Waals surface area (Å²) in [6, 6.07) is 8.47. The molecule has 1 aromatic heterocycles. The number of nitrogens with one attached hydrogen (secondary N) is 1. The number of halogens is 1. The highest BCUT2D eigenvalue weighted by Gasteiger charge is 2.63. The molecule has 0 saturated heterocycles. The van der Waals surface area contributed by atoms with Gasteiger partial charge in [-0.25, -0.2) is 4.79 Å². The van der Waals surface area contributed by atoms with Crippen LogP contribution in [0.1, 0.15) is 40.7 Å². The fraction of sp³-hybridized carbons (Fsp3) is 0.312. The van der Waals surface area contributed by atoms with Gasteiger partial charge in [-0.2, -0.15) is 0 Å². The lowest BCUT2D eigenvalue weighted by molar-refractivity contribution is -0.130. The van der Waals surface area contributed by atoms with Crippen molar-refractivity contribution in [3.63, 3.8) is 0 Å². The van der Waals surface area contributed by atoms with Crippen molar-refractivity contribution in [2.75, 3.05) is 26.1 Å². The number of allylic oxidation sites excluding steroid dienone is 1. The first-order valence-electron chi connectivity index (χ1n) is 13.9. The summed E-state index contributed by atoms with van der Waals surface area (Å²) >= 11 is 6.61. The van der Waals surface area contributed by atoms with Crippen molar-refractivity contribution in [3.8, 4) is 23.0 Å². The van der Waals surface area contributed by atoms with Crippen LogP contribution >= 0.6 is 11.6 Å². The first kappa shape index (κ1) is 29.3. The minimum absolute atomic E-state index is 0.00373. The van der Waals surface area contributed by atoms with Gasteiger partial charge in [0, 0.05) is 43.3 Å². The molecule has 11 nitrogen and oxygen atoms in total. The Morgan fingerprint density at radius 1 is 1.09 bits per heavy atom. The second-order valence-electron chi connectivity index (χ2n) is 11.0. The Labute approximate surface area is 257 Å². The number of Topliss-reactive ketones (excluding diaryl/α,β-unsaturated/α-hetero) is 2. The summed E-state index contributed by atoms with van der Waals surface area (Å²) in [4.78, 5) is 56.1. The molecule has 0 amide bonds. The molecule has 3 aliphatic rings. The molecule has 0 fully saturated rings. The topological polar surface area (TPSA) is 127 Å². The van der Waals surface area contributed by atoms with E-state index in [1.165, 1.54) is 31.9 Å². The number of hydrogen-bond donors (Lipinski definition) is 1. The molecule has 0 saturated carbocycles. The first-order valence-corrected chi connectivity index (χ1v) is 14.3. The molecule has 0 bridgehead atoms. The molecule has 3 aromatic rings. The molecule has 1 N–H and O–H groups in total. The Bertz CT molecular complexity index is 1940. The molecule has 1 unspecified atom stereocenters. The molecule has 2 aromatic carbocycles. The highest BCUT2D eigenvalue weighted by Crippen LogP contribution is 2.56. The number of ether oxygens (including phenoxy) is 4. The Morgan fingerprint density at radius 2 is 1.82 bits per heavy atom. The van der Waals surface area contributed by atoms with E-state index in [0.717, 1.165) is 4.57 Å². The Kier molecular flexibility index (Phi) is 6.96. The zero-order valence-corrected chi connectivity index (χ0v) is 25.5. The first-order chi connectivity index (χ1) is 21.0. The Balaban J connectivity index is 1.60. The predicted octanol–water partition coefficient (Wildman–Crippen LogP) is 3.75. The second kappa shape index (κ2) is 10.4. The maximum Gasteiger partial charge on any atom is 0.332 e. The van der Waals surface area contributed by atoms with Crippen LogP contribution in [0.4, 0.5) is 5.82 Å². The van der Waals surface area contributed by atoms with Crippen LogP contribution in [-0.4, -0.2) is 47.1 Å². The average Bonchev–Trinajstić information content (AvgIpc) is 3.34. The van der Waals surface area contributed by atoms with E-state index in [2.05, 4.69) is 11.9 Å². The number of nitrogens with zero attached hydrogens (tertiary/aromatic N) is 2. The van der Waals surface area contributed by atoms with Crippen LogP contribution < -0.4 is 35.5 Å². The number of hydrogen-bond acceptors (Lipinski definition) is 9. The molecule has 228 valence electrons. The summed E-state index contributed by atoms with van der Waals surface area (Å²) in [5.41, 5.74) is -1.68. The van der Waals surface area contributed by atoms with E-state index in [4.69, 9.17) is 30.5 Å². The maximum atomic E-state index is 15.0. The third-order valence-corrected chi connectivity index (χ3v) is 8.99. The largest absolute Gasteiger partial charge is 0.496 e. The number of carbonyl (C=O) groups is 2. The number of fused-ring (bicyclic) bond motifs is 2. The van der Waals surface area contributed by atoms with Crippen molar-refractivity contribution in [2.24, 2.45) is 20.0 Å². The van der Waals surface area contributed by atoms with E-state index < -0.39 is 40.3 Å². The van der Waals surface area contributed by atoms with Crippen molar-refractivity contribution < 1.29 is 28.5 Å². The monoisotopic (exact) mass is 619 g/mol. The van der Waals surface area contributed by atoms with Gasteiger partial charge in [0.2, 0.25) is 17.2 Å². The van der Waals surface area contributed by atoms with Gasteiger partial charge in [-0.15, -0.1) is 0 Å². The molecular formula is C32H30ClN3O8. The fourth-order valence-electron chi connectivity index (χ4n) is 6.46. The van der Waals surface area contributed by atoms with Gasteiger partial charge >= 0.3 is 5.69 Å². The third kappa shape index (κ3) is 3.88. The molecule has 1 spiro atoms. The smallest absolute Gasteiger partial charge is 0.332 e. The number of methoxy groups -OCH3 is 2. The van der Waals surface area contributed by atoms with Gasteiger partial charge in [0.15, 0.2) is 5.75 Å². The highest BCUT2D eigenvalue weighted by molar-refractivity contribution is 6.36. The van der Waals surface area contributed by atoms with E-state index in [-0.39, 0.29) is 57.8 Å². The molecule has 3 atom stereocenters. The van der Waals surface area contributed by atoms with E-state index >= 15 is 0 Å². The van der Waals surface area contributed by atoms with Gasteiger partial charge in [-0.1, -0.05) is 43.3 Å². The van der Waals surface area contributed by atoms with Crippen LogP contribution in [0, 0.1) is 5.92 Å². The molecule has 12 heteroatoms. The van der Waals surface area contributed by atoms with Gasteiger partial charge in [0.25, 0.3) is 5.56 Å². The lowest BCUT2D eigenvalue weighted by Gasteiger charge is -2.42. The number of benzene rings is 2. The molecule has 0 radical (unpaired) electrons.